The summed E-state index contributed by atoms with van der Waals surface area (Å²) in [6, 6.07) is 68.6. The van der Waals surface area contributed by atoms with Gasteiger partial charge in [0, 0.05) is 53.0 Å². The number of hydrogen-bond acceptors (Lipinski definition) is 8. The third kappa shape index (κ3) is 7.42. The average molecular weight is 819 g/mol. The van der Waals surface area contributed by atoms with Crippen molar-refractivity contribution in [2.75, 3.05) is 9.80 Å². The van der Waals surface area contributed by atoms with Crippen LogP contribution in [0, 0.1) is 0 Å². The van der Waals surface area contributed by atoms with E-state index in [1.165, 1.54) is 40.4 Å². The zero-order valence-corrected chi connectivity index (χ0v) is 34.3. The highest BCUT2D eigenvalue weighted by atomic mass is 32.1. The van der Waals surface area contributed by atoms with Crippen LogP contribution in [0.5, 0.6) is 0 Å². The van der Waals surface area contributed by atoms with Crippen LogP contribution >= 0.6 is 45.3 Å². The van der Waals surface area contributed by atoms with Crippen LogP contribution in [0.3, 0.4) is 0 Å². The molecule has 0 atom stereocenters. The Hall–Kier alpha value is -6.42. The van der Waals surface area contributed by atoms with Crippen molar-refractivity contribution in [2.24, 2.45) is 0 Å². The van der Waals surface area contributed by atoms with Crippen LogP contribution in [0.15, 0.2) is 207 Å². The van der Waals surface area contributed by atoms with Crippen LogP contribution in [-0.4, -0.2) is 9.97 Å². The molecule has 4 aromatic carbocycles. The minimum atomic E-state index is 0.881. The average Bonchev–Trinajstić information content (AvgIpc) is 4.14. The van der Waals surface area contributed by atoms with Gasteiger partial charge >= 0.3 is 0 Å². The molecular formula is C50H34N4S4. The van der Waals surface area contributed by atoms with Crippen LogP contribution < -0.4 is 9.80 Å². The lowest BCUT2D eigenvalue weighted by Gasteiger charge is -2.23. The van der Waals surface area contributed by atoms with Crippen molar-refractivity contribution in [3.63, 3.8) is 0 Å². The molecule has 0 N–H and O–H groups in total. The quantitative estimate of drug-likeness (QED) is 0.130. The lowest BCUT2D eigenvalue weighted by Crippen LogP contribution is -2.10. The smallest absolute Gasteiger partial charge is 0.138 e. The van der Waals surface area contributed by atoms with E-state index in [0.29, 0.717) is 0 Å². The Morgan fingerprint density at radius 1 is 0.276 bits per heavy atom. The molecule has 0 aliphatic rings. The molecule has 0 bridgehead atoms. The molecule has 8 heteroatoms. The van der Waals surface area contributed by atoms with Crippen molar-refractivity contribution in [3.05, 3.63) is 207 Å². The molecule has 6 heterocycles. The highest BCUT2D eigenvalue weighted by molar-refractivity contribution is 7.26. The van der Waals surface area contributed by atoms with Gasteiger partial charge in [0.05, 0.1) is 0 Å². The third-order valence-electron chi connectivity index (χ3n) is 9.78. The molecule has 0 spiro atoms. The van der Waals surface area contributed by atoms with Gasteiger partial charge in [-0.3, -0.25) is 9.80 Å². The summed E-state index contributed by atoms with van der Waals surface area (Å²) in [5, 5.41) is 2.23. The van der Waals surface area contributed by atoms with E-state index in [1.54, 1.807) is 22.7 Å². The van der Waals surface area contributed by atoms with Crippen molar-refractivity contribution in [1.29, 1.82) is 0 Å². The molecule has 10 rings (SSSR count). The Balaban J connectivity index is 0.916. The predicted octanol–water partition coefficient (Wildman–Crippen LogP) is 16.0. The second-order valence-electron chi connectivity index (χ2n) is 13.5. The molecule has 0 radical (unpaired) electrons. The normalized spacial score (nSPS) is 11.1. The Labute approximate surface area is 353 Å². The Bertz CT molecular complexity index is 2680. The van der Waals surface area contributed by atoms with E-state index in [-0.39, 0.29) is 0 Å². The molecule has 0 amide bonds. The zero-order chi connectivity index (χ0) is 38.7. The van der Waals surface area contributed by atoms with Crippen LogP contribution in [0.1, 0.15) is 0 Å². The van der Waals surface area contributed by atoms with E-state index in [0.717, 1.165) is 44.1 Å². The number of thiophene rings is 4. The molecule has 10 aromatic rings. The lowest BCUT2D eigenvalue weighted by atomic mass is 10.0. The minimum Gasteiger partial charge on any atom is -0.286 e. The number of benzene rings is 4. The largest absolute Gasteiger partial charge is 0.286 e. The number of aromatic nitrogens is 2. The molecule has 6 aromatic heterocycles. The summed E-state index contributed by atoms with van der Waals surface area (Å²) in [5.74, 6) is 1.76. The molecule has 0 saturated carbocycles. The molecule has 58 heavy (non-hydrogen) atoms. The lowest BCUT2D eigenvalue weighted by molar-refractivity contribution is 1.19. The van der Waals surface area contributed by atoms with E-state index >= 15 is 0 Å². The maximum atomic E-state index is 4.77. The van der Waals surface area contributed by atoms with Gasteiger partial charge in [-0.05, 0) is 119 Å². The Morgan fingerprint density at radius 2 is 0.638 bits per heavy atom. The molecule has 0 aliphatic carbocycles. The van der Waals surface area contributed by atoms with E-state index in [2.05, 4.69) is 180 Å². The monoisotopic (exact) mass is 818 g/mol. The topological polar surface area (TPSA) is 32.3 Å². The second-order valence-corrected chi connectivity index (χ2v) is 17.8. The van der Waals surface area contributed by atoms with Gasteiger partial charge in [-0.1, -0.05) is 97.1 Å². The fourth-order valence-corrected chi connectivity index (χ4v) is 11.2. The van der Waals surface area contributed by atoms with Gasteiger partial charge < -0.3 is 0 Å². The second kappa shape index (κ2) is 16.2. The summed E-state index contributed by atoms with van der Waals surface area (Å²) in [7, 11) is 0. The summed E-state index contributed by atoms with van der Waals surface area (Å²) in [4.78, 5) is 21.6. The Kier molecular flexibility index (Phi) is 10.0. The van der Waals surface area contributed by atoms with Gasteiger partial charge in [-0.15, -0.1) is 45.3 Å². The first-order valence-corrected chi connectivity index (χ1v) is 22.1. The van der Waals surface area contributed by atoms with Crippen molar-refractivity contribution >= 4 is 78.4 Å². The van der Waals surface area contributed by atoms with Crippen LogP contribution in [0.25, 0.3) is 51.5 Å². The highest BCUT2D eigenvalue weighted by Crippen LogP contribution is 2.46. The van der Waals surface area contributed by atoms with Crippen LogP contribution in [0.4, 0.5) is 33.0 Å². The zero-order valence-electron chi connectivity index (χ0n) is 31.1. The van der Waals surface area contributed by atoms with Crippen molar-refractivity contribution in [2.45, 2.75) is 0 Å². The van der Waals surface area contributed by atoms with E-state index in [4.69, 9.17) is 9.97 Å². The van der Waals surface area contributed by atoms with Crippen molar-refractivity contribution < 1.29 is 0 Å². The minimum absolute atomic E-state index is 0.881. The molecule has 0 saturated heterocycles. The van der Waals surface area contributed by atoms with Crippen molar-refractivity contribution in [3.8, 4) is 51.5 Å². The molecule has 4 nitrogen and oxygen atoms in total. The van der Waals surface area contributed by atoms with E-state index in [9.17, 15) is 0 Å². The molecular weight excluding hydrogens is 785 g/mol. The number of rotatable bonds is 11. The summed E-state index contributed by atoms with van der Waals surface area (Å²) in [5.41, 5.74) is 6.89. The number of nitrogens with zero attached hydrogens (tertiary/aromatic N) is 4. The molecule has 278 valence electrons. The SMILES string of the molecule is c1ccc(-c2ccc(-c3ccc(N(c4ccc(-c5ccc(N(c6ccccn6)c6ccc(-c7ccc(-c8ccccc8)s7)s6)cc5)cc4)c4ccccn4)s3)s2)cc1. The van der Waals surface area contributed by atoms with Gasteiger partial charge in [-0.2, -0.15) is 0 Å². The first-order valence-electron chi connectivity index (χ1n) is 18.9. The summed E-state index contributed by atoms with van der Waals surface area (Å²) in [6.07, 6.45) is 3.71. The van der Waals surface area contributed by atoms with Gasteiger partial charge in [-0.25, -0.2) is 9.97 Å². The fraction of sp³-hybridized carbons (Fsp3) is 0. The summed E-state index contributed by atoms with van der Waals surface area (Å²) < 4.78 is 0. The molecule has 0 aliphatic heterocycles. The highest BCUT2D eigenvalue weighted by Gasteiger charge is 2.19. The number of anilines is 6. The van der Waals surface area contributed by atoms with Gasteiger partial charge in [0.15, 0.2) is 0 Å². The number of hydrogen-bond donors (Lipinski definition) is 0. The fourth-order valence-electron chi connectivity index (χ4n) is 6.94. The van der Waals surface area contributed by atoms with Crippen LogP contribution in [0.2, 0.25) is 0 Å². The molecule has 0 fully saturated rings. The van der Waals surface area contributed by atoms with E-state index < -0.39 is 0 Å². The first kappa shape index (κ1) is 36.0. The number of pyridine rings is 2. The van der Waals surface area contributed by atoms with E-state index in [1.807, 2.05) is 59.3 Å². The van der Waals surface area contributed by atoms with Gasteiger partial charge in [0.2, 0.25) is 0 Å². The van der Waals surface area contributed by atoms with Gasteiger partial charge in [0.1, 0.15) is 21.6 Å². The maximum Gasteiger partial charge on any atom is 0.138 e. The summed E-state index contributed by atoms with van der Waals surface area (Å²) >= 11 is 7.22. The summed E-state index contributed by atoms with van der Waals surface area (Å²) in [6.45, 7) is 0. The van der Waals surface area contributed by atoms with Crippen molar-refractivity contribution in [1.82, 2.24) is 9.97 Å². The predicted molar refractivity (Wildman–Crippen MR) is 250 cm³/mol. The maximum absolute atomic E-state index is 4.77. The standard InChI is InChI=1S/C50H34N4S4/c1-3-11-37(12-4-1)41-25-27-43(55-41)45-29-31-49(57-45)53(47-15-7-9-33-51-47)39-21-17-35(18-22-39)36-19-23-40(24-20-36)54(48-16-8-10-34-52-48)50-32-30-46(58-50)44-28-26-42(56-44)38-13-5-2-6-14-38/h1-34H. The first-order chi connectivity index (χ1) is 28.7. The Morgan fingerprint density at radius 3 is 1.03 bits per heavy atom. The third-order valence-corrected chi connectivity index (χ3v) is 14.6. The molecule has 0 unspecified atom stereocenters. The van der Waals surface area contributed by atoms with Crippen LogP contribution in [-0.2, 0) is 0 Å². The van der Waals surface area contributed by atoms with Gasteiger partial charge in [0.25, 0.3) is 0 Å².